The van der Waals surface area contributed by atoms with Crippen LogP contribution in [-0.2, 0) is 11.3 Å². The highest BCUT2D eigenvalue weighted by Gasteiger charge is 2.31. The molecule has 0 bridgehead atoms. The Morgan fingerprint density at radius 2 is 2.04 bits per heavy atom. The molecule has 23 heavy (non-hydrogen) atoms. The highest BCUT2D eigenvalue weighted by atomic mass is 19.4. The zero-order valence-corrected chi connectivity index (χ0v) is 12.8. The fourth-order valence-electron chi connectivity index (χ4n) is 2.95. The molecule has 0 spiro atoms. The average molecular weight is 331 g/mol. The van der Waals surface area contributed by atoms with Crippen LogP contribution < -0.4 is 4.74 Å². The van der Waals surface area contributed by atoms with Gasteiger partial charge >= 0.3 is 12.1 Å². The average Bonchev–Trinajstić information content (AvgIpc) is 2.45. The Hall–Kier alpha value is -1.76. The van der Waals surface area contributed by atoms with Gasteiger partial charge in [0.2, 0.25) is 0 Å². The molecule has 1 heterocycles. The Kier molecular flexibility index (Phi) is 5.51. The summed E-state index contributed by atoms with van der Waals surface area (Å²) in [4.78, 5) is 13.2. The van der Waals surface area contributed by atoms with Gasteiger partial charge in [-0.05, 0) is 18.4 Å². The first kappa shape index (κ1) is 17.6. The van der Waals surface area contributed by atoms with Crippen molar-refractivity contribution in [3.05, 3.63) is 29.8 Å². The van der Waals surface area contributed by atoms with Gasteiger partial charge in [-0.2, -0.15) is 13.2 Å². The van der Waals surface area contributed by atoms with Crippen molar-refractivity contribution in [2.24, 2.45) is 11.8 Å². The molecule has 1 aliphatic heterocycles. The number of carboxylic acids is 1. The van der Waals surface area contributed by atoms with Crippen LogP contribution in [0.1, 0.15) is 18.9 Å². The van der Waals surface area contributed by atoms with Gasteiger partial charge in [-0.1, -0.05) is 25.1 Å². The van der Waals surface area contributed by atoms with E-state index >= 15 is 0 Å². The Labute approximate surface area is 132 Å². The molecule has 7 heteroatoms. The standard InChI is InChI=1S/C16H20F3NO3/c1-11-6-13(15(21)22)9-20(7-11)8-12-4-2-3-5-14(12)23-10-16(17,18)19/h2-5,11,13H,6-10H2,1H3,(H,21,22). The highest BCUT2D eigenvalue weighted by Crippen LogP contribution is 2.27. The minimum Gasteiger partial charge on any atom is -0.484 e. The van der Waals surface area contributed by atoms with Crippen molar-refractivity contribution in [3.8, 4) is 5.75 Å². The summed E-state index contributed by atoms with van der Waals surface area (Å²) in [6.07, 6.45) is -3.76. The summed E-state index contributed by atoms with van der Waals surface area (Å²) < 4.78 is 41.8. The summed E-state index contributed by atoms with van der Waals surface area (Å²) in [5, 5.41) is 9.19. The van der Waals surface area contributed by atoms with Crippen LogP contribution in [0.5, 0.6) is 5.75 Å². The number of nitrogens with zero attached hydrogens (tertiary/aromatic N) is 1. The van der Waals surface area contributed by atoms with E-state index in [-0.39, 0.29) is 11.7 Å². The van der Waals surface area contributed by atoms with Crippen LogP contribution in [0.4, 0.5) is 13.2 Å². The van der Waals surface area contributed by atoms with E-state index < -0.39 is 24.7 Å². The molecule has 0 amide bonds. The summed E-state index contributed by atoms with van der Waals surface area (Å²) in [5.74, 6) is -0.854. The van der Waals surface area contributed by atoms with E-state index in [9.17, 15) is 23.1 Å². The van der Waals surface area contributed by atoms with Gasteiger partial charge in [0.25, 0.3) is 0 Å². The number of likely N-dealkylation sites (tertiary alicyclic amines) is 1. The number of rotatable bonds is 5. The summed E-state index contributed by atoms with van der Waals surface area (Å²) in [7, 11) is 0. The zero-order chi connectivity index (χ0) is 17.0. The molecule has 4 nitrogen and oxygen atoms in total. The van der Waals surface area contributed by atoms with Gasteiger partial charge in [0, 0.05) is 25.2 Å². The third kappa shape index (κ3) is 5.42. The van der Waals surface area contributed by atoms with Crippen LogP contribution in [0.25, 0.3) is 0 Å². The number of alkyl halides is 3. The lowest BCUT2D eigenvalue weighted by molar-refractivity contribution is -0.153. The summed E-state index contributed by atoms with van der Waals surface area (Å²) in [5.41, 5.74) is 0.634. The number of benzene rings is 1. The van der Waals surface area contributed by atoms with Gasteiger partial charge in [0.15, 0.2) is 6.61 Å². The smallest absolute Gasteiger partial charge is 0.422 e. The molecule has 1 aromatic carbocycles. The van der Waals surface area contributed by atoms with Crippen LogP contribution in [0.3, 0.4) is 0 Å². The van der Waals surface area contributed by atoms with E-state index in [2.05, 4.69) is 0 Å². The quantitative estimate of drug-likeness (QED) is 0.900. The second-order valence-electron chi connectivity index (χ2n) is 6.08. The van der Waals surface area contributed by atoms with Crippen molar-refractivity contribution in [2.45, 2.75) is 26.1 Å². The first-order valence-corrected chi connectivity index (χ1v) is 7.47. The molecular weight excluding hydrogens is 311 g/mol. The molecule has 1 aromatic rings. The molecule has 0 aromatic heterocycles. The molecule has 2 rings (SSSR count). The second kappa shape index (κ2) is 7.21. The molecule has 128 valence electrons. The molecule has 1 fully saturated rings. The predicted octanol–water partition coefficient (Wildman–Crippen LogP) is 3.17. The maximum absolute atomic E-state index is 12.3. The molecule has 1 aliphatic rings. The number of aliphatic carboxylic acids is 1. The van der Waals surface area contributed by atoms with Crippen LogP contribution in [-0.4, -0.2) is 41.8 Å². The van der Waals surface area contributed by atoms with Crippen molar-refractivity contribution in [2.75, 3.05) is 19.7 Å². The van der Waals surface area contributed by atoms with Crippen LogP contribution in [0.2, 0.25) is 0 Å². The van der Waals surface area contributed by atoms with Crippen molar-refractivity contribution in [3.63, 3.8) is 0 Å². The van der Waals surface area contributed by atoms with E-state index in [1.54, 1.807) is 18.2 Å². The Bertz CT molecular complexity index is 548. The van der Waals surface area contributed by atoms with Gasteiger partial charge in [-0.3, -0.25) is 9.69 Å². The lowest BCUT2D eigenvalue weighted by atomic mass is 9.90. The molecule has 2 unspecified atom stereocenters. The van der Waals surface area contributed by atoms with E-state index in [1.807, 2.05) is 11.8 Å². The predicted molar refractivity (Wildman–Crippen MR) is 78.2 cm³/mol. The Morgan fingerprint density at radius 1 is 1.35 bits per heavy atom. The van der Waals surface area contributed by atoms with Crippen LogP contribution in [0, 0.1) is 11.8 Å². The number of piperidine rings is 1. The molecular formula is C16H20F3NO3. The number of ether oxygens (including phenoxy) is 1. The van der Waals surface area contributed by atoms with Crippen LogP contribution in [0.15, 0.2) is 24.3 Å². The van der Waals surface area contributed by atoms with E-state index in [0.717, 1.165) is 6.54 Å². The fraction of sp³-hybridized carbons (Fsp3) is 0.562. The van der Waals surface area contributed by atoms with Crippen molar-refractivity contribution < 1.29 is 27.8 Å². The Balaban J connectivity index is 2.06. The number of hydrogen-bond donors (Lipinski definition) is 1. The largest absolute Gasteiger partial charge is 0.484 e. The number of para-hydroxylation sites is 1. The zero-order valence-electron chi connectivity index (χ0n) is 12.8. The normalized spacial score (nSPS) is 22.8. The minimum atomic E-state index is -4.39. The third-order valence-corrected chi connectivity index (χ3v) is 3.84. The molecule has 2 atom stereocenters. The maximum Gasteiger partial charge on any atom is 0.422 e. The van der Waals surface area contributed by atoms with Crippen molar-refractivity contribution in [1.82, 2.24) is 4.90 Å². The third-order valence-electron chi connectivity index (χ3n) is 3.84. The molecule has 1 N–H and O–H groups in total. The van der Waals surface area contributed by atoms with E-state index in [0.29, 0.717) is 25.1 Å². The molecule has 0 saturated carbocycles. The highest BCUT2D eigenvalue weighted by molar-refractivity contribution is 5.70. The maximum atomic E-state index is 12.3. The van der Waals surface area contributed by atoms with Gasteiger partial charge < -0.3 is 9.84 Å². The van der Waals surface area contributed by atoms with Gasteiger partial charge in [-0.25, -0.2) is 0 Å². The van der Waals surface area contributed by atoms with Crippen molar-refractivity contribution in [1.29, 1.82) is 0 Å². The number of carboxylic acid groups (broad SMARTS) is 1. The second-order valence-corrected chi connectivity index (χ2v) is 6.08. The SMILES string of the molecule is CC1CC(C(=O)O)CN(Cc2ccccc2OCC(F)(F)F)C1. The topological polar surface area (TPSA) is 49.8 Å². The summed E-state index contributed by atoms with van der Waals surface area (Å²) in [6, 6.07) is 6.57. The van der Waals surface area contributed by atoms with E-state index in [1.165, 1.54) is 6.07 Å². The summed E-state index contributed by atoms with van der Waals surface area (Å²) in [6.45, 7) is 2.14. The number of hydrogen-bond acceptors (Lipinski definition) is 3. The monoisotopic (exact) mass is 331 g/mol. The molecule has 0 aliphatic carbocycles. The summed E-state index contributed by atoms with van der Waals surface area (Å²) >= 11 is 0. The lowest BCUT2D eigenvalue weighted by Gasteiger charge is -2.34. The first-order valence-electron chi connectivity index (χ1n) is 7.47. The molecule has 1 saturated heterocycles. The van der Waals surface area contributed by atoms with Crippen LogP contribution >= 0.6 is 0 Å². The first-order chi connectivity index (χ1) is 10.7. The van der Waals surface area contributed by atoms with E-state index in [4.69, 9.17) is 4.74 Å². The Morgan fingerprint density at radius 3 is 2.70 bits per heavy atom. The fourth-order valence-corrected chi connectivity index (χ4v) is 2.95. The lowest BCUT2D eigenvalue weighted by Crippen LogP contribution is -2.42. The minimum absolute atomic E-state index is 0.190. The van der Waals surface area contributed by atoms with Gasteiger partial charge in [0.1, 0.15) is 5.75 Å². The van der Waals surface area contributed by atoms with Gasteiger partial charge in [-0.15, -0.1) is 0 Å². The molecule has 0 radical (unpaired) electrons. The van der Waals surface area contributed by atoms with Gasteiger partial charge in [0.05, 0.1) is 5.92 Å². The van der Waals surface area contributed by atoms with Crippen molar-refractivity contribution >= 4 is 5.97 Å². The number of carbonyl (C=O) groups is 1. The number of halogens is 3.